The third kappa shape index (κ3) is 2.56. The molecule has 0 radical (unpaired) electrons. The van der Waals surface area contributed by atoms with Gasteiger partial charge in [0.2, 0.25) is 0 Å². The van der Waals surface area contributed by atoms with E-state index in [1.165, 1.54) is 24.9 Å². The van der Waals surface area contributed by atoms with Crippen molar-refractivity contribution < 1.29 is 4.74 Å². The normalized spacial score (nSPS) is 32.2. The largest absolute Gasteiger partial charge is 0.485 e. The van der Waals surface area contributed by atoms with Gasteiger partial charge in [0.25, 0.3) is 0 Å². The van der Waals surface area contributed by atoms with E-state index in [-0.39, 0.29) is 5.60 Å². The van der Waals surface area contributed by atoms with Crippen LogP contribution < -0.4 is 10.1 Å². The maximum absolute atomic E-state index is 6.48. The summed E-state index contributed by atoms with van der Waals surface area (Å²) >= 11 is 6.17. The maximum Gasteiger partial charge on any atom is 0.125 e. The van der Waals surface area contributed by atoms with Crippen molar-refractivity contribution in [2.75, 3.05) is 19.6 Å². The van der Waals surface area contributed by atoms with Crippen LogP contribution in [-0.4, -0.2) is 36.2 Å². The number of rotatable bonds is 3. The Bertz CT molecular complexity index is 546. The predicted octanol–water partition coefficient (Wildman–Crippen LogP) is 3.38. The van der Waals surface area contributed by atoms with Crippen molar-refractivity contribution in [1.29, 1.82) is 0 Å². The molecule has 1 saturated heterocycles. The monoisotopic (exact) mass is 306 g/mol. The summed E-state index contributed by atoms with van der Waals surface area (Å²) in [6.45, 7) is 5.41. The van der Waals surface area contributed by atoms with E-state index >= 15 is 0 Å². The molecule has 2 atom stereocenters. The number of ether oxygens (including phenoxy) is 1. The Labute approximate surface area is 131 Å². The molecule has 1 spiro atoms. The highest BCUT2D eigenvalue weighted by atomic mass is 35.5. The smallest absolute Gasteiger partial charge is 0.125 e. The fourth-order valence-electron chi connectivity index (χ4n) is 3.95. The molecule has 21 heavy (non-hydrogen) atoms. The van der Waals surface area contributed by atoms with Gasteiger partial charge in [-0.1, -0.05) is 18.5 Å². The van der Waals surface area contributed by atoms with E-state index in [0.29, 0.717) is 6.04 Å². The zero-order chi connectivity index (χ0) is 14.4. The molecular formula is C17H23ClN2O. The number of hydrogen-bond acceptors (Lipinski definition) is 3. The Morgan fingerprint density at radius 1 is 1.43 bits per heavy atom. The van der Waals surface area contributed by atoms with Crippen LogP contribution in [0.1, 0.15) is 44.2 Å². The molecule has 0 amide bonds. The van der Waals surface area contributed by atoms with E-state index in [4.69, 9.17) is 16.3 Å². The number of nitrogens with one attached hydrogen (secondary N) is 1. The zero-order valence-electron chi connectivity index (χ0n) is 12.6. The molecule has 1 aliphatic carbocycles. The second-order valence-electron chi connectivity index (χ2n) is 6.73. The molecule has 0 bridgehead atoms. The summed E-state index contributed by atoms with van der Waals surface area (Å²) in [6.07, 6.45) is 4.95. The van der Waals surface area contributed by atoms with Crippen LogP contribution in [0.5, 0.6) is 5.75 Å². The Balaban J connectivity index is 1.62. The van der Waals surface area contributed by atoms with Gasteiger partial charge in [0.15, 0.2) is 0 Å². The van der Waals surface area contributed by atoms with Crippen LogP contribution in [0.3, 0.4) is 0 Å². The summed E-state index contributed by atoms with van der Waals surface area (Å²) in [7, 11) is 0. The molecule has 1 N–H and O–H groups in total. The van der Waals surface area contributed by atoms with Gasteiger partial charge in [-0.2, -0.15) is 0 Å². The van der Waals surface area contributed by atoms with Crippen molar-refractivity contribution >= 4 is 11.6 Å². The van der Waals surface area contributed by atoms with Crippen molar-refractivity contribution in [3.05, 3.63) is 28.8 Å². The molecule has 4 rings (SSSR count). The Kier molecular flexibility index (Phi) is 3.40. The van der Waals surface area contributed by atoms with Gasteiger partial charge in [0.1, 0.15) is 11.4 Å². The molecular weight excluding hydrogens is 284 g/mol. The second-order valence-corrected chi connectivity index (χ2v) is 7.17. The first-order valence-electron chi connectivity index (χ1n) is 8.15. The van der Waals surface area contributed by atoms with Gasteiger partial charge in [-0.25, -0.2) is 0 Å². The lowest BCUT2D eigenvalue weighted by atomic mass is 9.86. The number of halogens is 1. The van der Waals surface area contributed by atoms with Crippen molar-refractivity contribution in [3.8, 4) is 5.75 Å². The molecule has 2 fully saturated rings. The quantitative estimate of drug-likeness (QED) is 0.926. The van der Waals surface area contributed by atoms with Gasteiger partial charge in [-0.3, -0.25) is 4.90 Å². The molecule has 2 heterocycles. The van der Waals surface area contributed by atoms with Gasteiger partial charge >= 0.3 is 0 Å². The molecule has 2 unspecified atom stereocenters. The third-order valence-corrected chi connectivity index (χ3v) is 5.34. The van der Waals surface area contributed by atoms with Crippen molar-refractivity contribution in [2.45, 2.75) is 50.3 Å². The van der Waals surface area contributed by atoms with Gasteiger partial charge in [0, 0.05) is 48.6 Å². The minimum absolute atomic E-state index is 0.00371. The van der Waals surface area contributed by atoms with Crippen LogP contribution in [-0.2, 0) is 0 Å². The van der Waals surface area contributed by atoms with E-state index in [2.05, 4.69) is 23.2 Å². The summed E-state index contributed by atoms with van der Waals surface area (Å²) in [5, 5.41) is 4.42. The summed E-state index contributed by atoms with van der Waals surface area (Å²) in [5.74, 6) is 1.02. The van der Waals surface area contributed by atoms with Gasteiger partial charge in [0.05, 0.1) is 0 Å². The lowest BCUT2D eigenvalue weighted by Crippen LogP contribution is -2.46. The maximum atomic E-state index is 6.48. The second kappa shape index (κ2) is 5.15. The average Bonchev–Trinajstić information content (AvgIpc) is 3.24. The number of fused-ring (bicyclic) bond motifs is 1. The van der Waals surface area contributed by atoms with E-state index < -0.39 is 0 Å². The minimum Gasteiger partial charge on any atom is -0.485 e. The zero-order valence-corrected chi connectivity index (χ0v) is 13.3. The minimum atomic E-state index is -0.00371. The molecule has 1 aromatic carbocycles. The molecule has 3 nitrogen and oxygen atoms in total. The lowest BCUT2D eigenvalue weighted by molar-refractivity contribution is 0.0380. The summed E-state index contributed by atoms with van der Waals surface area (Å²) in [5.41, 5.74) is 1.22. The van der Waals surface area contributed by atoms with Crippen LogP contribution in [0, 0.1) is 0 Å². The van der Waals surface area contributed by atoms with E-state index in [1.54, 1.807) is 0 Å². The number of hydrogen-bond donors (Lipinski definition) is 1. The highest BCUT2D eigenvalue weighted by molar-refractivity contribution is 6.30. The average molecular weight is 307 g/mol. The number of likely N-dealkylation sites (tertiary alicyclic amines) is 1. The summed E-state index contributed by atoms with van der Waals surface area (Å²) in [4.78, 5) is 2.63. The first kappa shape index (κ1) is 13.9. The van der Waals surface area contributed by atoms with Crippen LogP contribution >= 0.6 is 11.6 Å². The van der Waals surface area contributed by atoms with Crippen LogP contribution in [0.2, 0.25) is 5.02 Å². The summed E-state index contributed by atoms with van der Waals surface area (Å²) in [6, 6.07) is 7.23. The fourth-order valence-corrected chi connectivity index (χ4v) is 4.13. The number of nitrogens with zero attached hydrogens (tertiary/aromatic N) is 1. The first-order valence-corrected chi connectivity index (χ1v) is 8.53. The van der Waals surface area contributed by atoms with Crippen molar-refractivity contribution in [3.63, 3.8) is 0 Å². The highest BCUT2D eigenvalue weighted by Gasteiger charge is 2.48. The first-order chi connectivity index (χ1) is 10.2. The van der Waals surface area contributed by atoms with Crippen LogP contribution in [0.25, 0.3) is 0 Å². The van der Waals surface area contributed by atoms with Gasteiger partial charge < -0.3 is 10.1 Å². The van der Waals surface area contributed by atoms with E-state index in [9.17, 15) is 0 Å². The topological polar surface area (TPSA) is 24.5 Å². The fraction of sp³-hybridized carbons (Fsp3) is 0.647. The highest BCUT2D eigenvalue weighted by Crippen LogP contribution is 2.46. The molecule has 2 aliphatic heterocycles. The van der Waals surface area contributed by atoms with E-state index in [1.807, 2.05) is 12.1 Å². The predicted molar refractivity (Wildman–Crippen MR) is 85.1 cm³/mol. The van der Waals surface area contributed by atoms with E-state index in [0.717, 1.165) is 42.7 Å². The SMILES string of the molecule is CCNC1CC2(CCN(C3CC3)C2)Oc2ccc(Cl)cc21. The molecule has 1 aromatic rings. The molecule has 114 valence electrons. The lowest BCUT2D eigenvalue weighted by Gasteiger charge is -2.40. The van der Waals surface area contributed by atoms with Crippen LogP contribution in [0.15, 0.2) is 18.2 Å². The standard InChI is InChI=1S/C17H23ClN2O/c1-2-19-15-10-17(7-8-20(11-17)13-4-5-13)21-16-6-3-12(18)9-14(15)16/h3,6,9,13,15,19H,2,4-5,7-8,10-11H2,1H3. The summed E-state index contributed by atoms with van der Waals surface area (Å²) < 4.78 is 6.48. The van der Waals surface area contributed by atoms with Gasteiger partial charge in [-0.05, 0) is 37.6 Å². The molecule has 0 aromatic heterocycles. The van der Waals surface area contributed by atoms with Crippen molar-refractivity contribution in [1.82, 2.24) is 10.2 Å². The van der Waals surface area contributed by atoms with Crippen molar-refractivity contribution in [2.24, 2.45) is 0 Å². The Hall–Kier alpha value is -0.770. The Morgan fingerprint density at radius 3 is 3.05 bits per heavy atom. The molecule has 1 saturated carbocycles. The van der Waals surface area contributed by atoms with Gasteiger partial charge in [-0.15, -0.1) is 0 Å². The molecule has 4 heteroatoms. The third-order valence-electron chi connectivity index (χ3n) is 5.11. The number of benzene rings is 1. The molecule has 3 aliphatic rings. The Morgan fingerprint density at radius 2 is 2.29 bits per heavy atom. The van der Waals surface area contributed by atoms with Crippen LogP contribution in [0.4, 0.5) is 0 Å².